The van der Waals surface area contributed by atoms with Crippen molar-refractivity contribution in [1.29, 1.82) is 0 Å². The van der Waals surface area contributed by atoms with Crippen molar-refractivity contribution in [2.75, 3.05) is 13.2 Å². The smallest absolute Gasteiger partial charge is 0.122 e. The van der Waals surface area contributed by atoms with Crippen LogP contribution >= 0.6 is 0 Å². The van der Waals surface area contributed by atoms with Crippen LogP contribution in [0.4, 0.5) is 0 Å². The van der Waals surface area contributed by atoms with Gasteiger partial charge in [0, 0.05) is 24.1 Å². The summed E-state index contributed by atoms with van der Waals surface area (Å²) in [6, 6.07) is 14.0. The van der Waals surface area contributed by atoms with E-state index in [9.17, 15) is 5.11 Å². The SMILES string of the molecule is Cc1ccc(OCC(O)COc2ccc3c(ccn3C)c2)c(C)c1. The number of ether oxygens (including phenoxy) is 2. The van der Waals surface area contributed by atoms with Gasteiger partial charge < -0.3 is 19.1 Å². The fraction of sp³-hybridized carbons (Fsp3) is 0.300. The molecule has 0 bridgehead atoms. The van der Waals surface area contributed by atoms with Crippen LogP contribution in [0.2, 0.25) is 0 Å². The molecule has 1 heterocycles. The summed E-state index contributed by atoms with van der Waals surface area (Å²) in [7, 11) is 2.01. The number of aliphatic hydroxyl groups excluding tert-OH is 1. The number of aryl methyl sites for hydroxylation is 3. The second kappa shape index (κ2) is 6.97. The summed E-state index contributed by atoms with van der Waals surface area (Å²) in [6.45, 7) is 4.45. The number of hydrogen-bond acceptors (Lipinski definition) is 3. The Morgan fingerprint density at radius 1 is 1.00 bits per heavy atom. The predicted molar refractivity (Wildman–Crippen MR) is 95.8 cm³/mol. The number of fused-ring (bicyclic) bond motifs is 1. The molecule has 3 aromatic rings. The van der Waals surface area contributed by atoms with Crippen LogP contribution in [0.1, 0.15) is 11.1 Å². The highest BCUT2D eigenvalue weighted by Gasteiger charge is 2.09. The second-order valence-electron chi connectivity index (χ2n) is 6.19. The molecule has 4 nitrogen and oxygen atoms in total. The average molecular weight is 325 g/mol. The summed E-state index contributed by atoms with van der Waals surface area (Å²) in [6.07, 6.45) is 1.33. The molecule has 1 N–H and O–H groups in total. The maximum Gasteiger partial charge on any atom is 0.122 e. The fourth-order valence-electron chi connectivity index (χ4n) is 2.74. The van der Waals surface area contributed by atoms with Gasteiger partial charge in [0.2, 0.25) is 0 Å². The number of aliphatic hydroxyl groups is 1. The number of hydrogen-bond donors (Lipinski definition) is 1. The van der Waals surface area contributed by atoms with Crippen LogP contribution in [0.25, 0.3) is 10.9 Å². The lowest BCUT2D eigenvalue weighted by Crippen LogP contribution is -2.25. The molecule has 1 atom stereocenters. The first-order valence-electron chi connectivity index (χ1n) is 8.09. The molecule has 4 heteroatoms. The first kappa shape index (κ1) is 16.4. The van der Waals surface area contributed by atoms with E-state index in [1.807, 2.05) is 63.5 Å². The van der Waals surface area contributed by atoms with Gasteiger partial charge in [-0.2, -0.15) is 0 Å². The lowest BCUT2D eigenvalue weighted by atomic mass is 10.1. The Hall–Kier alpha value is -2.46. The molecule has 0 saturated heterocycles. The largest absolute Gasteiger partial charge is 0.491 e. The van der Waals surface area contributed by atoms with Crippen LogP contribution in [-0.4, -0.2) is 29.0 Å². The molecule has 126 valence electrons. The van der Waals surface area contributed by atoms with Gasteiger partial charge in [0.1, 0.15) is 30.8 Å². The van der Waals surface area contributed by atoms with E-state index in [4.69, 9.17) is 9.47 Å². The third-order valence-corrected chi connectivity index (χ3v) is 4.06. The molecule has 0 spiro atoms. The van der Waals surface area contributed by atoms with E-state index < -0.39 is 6.10 Å². The van der Waals surface area contributed by atoms with Gasteiger partial charge in [0.25, 0.3) is 0 Å². The highest BCUT2D eigenvalue weighted by atomic mass is 16.5. The van der Waals surface area contributed by atoms with Crippen molar-refractivity contribution in [1.82, 2.24) is 4.57 Å². The quantitative estimate of drug-likeness (QED) is 0.753. The summed E-state index contributed by atoms with van der Waals surface area (Å²) in [5.41, 5.74) is 3.42. The highest BCUT2D eigenvalue weighted by Crippen LogP contribution is 2.22. The van der Waals surface area contributed by atoms with Crippen molar-refractivity contribution < 1.29 is 14.6 Å². The molecule has 1 unspecified atom stereocenters. The molecule has 0 aliphatic carbocycles. The van der Waals surface area contributed by atoms with Gasteiger partial charge in [-0.15, -0.1) is 0 Å². The van der Waals surface area contributed by atoms with Gasteiger partial charge in [0.05, 0.1) is 0 Å². The van der Waals surface area contributed by atoms with Crippen LogP contribution in [0, 0.1) is 13.8 Å². The average Bonchev–Trinajstić information content (AvgIpc) is 2.93. The summed E-state index contributed by atoms with van der Waals surface area (Å²) >= 11 is 0. The first-order chi connectivity index (χ1) is 11.5. The van der Waals surface area contributed by atoms with Crippen molar-refractivity contribution in [3.05, 3.63) is 59.8 Å². The van der Waals surface area contributed by atoms with Crippen LogP contribution in [-0.2, 0) is 7.05 Å². The lowest BCUT2D eigenvalue weighted by molar-refractivity contribution is 0.0624. The maximum atomic E-state index is 10.1. The molecular weight excluding hydrogens is 302 g/mol. The number of aromatic nitrogens is 1. The van der Waals surface area contributed by atoms with E-state index in [1.54, 1.807) is 0 Å². The van der Waals surface area contributed by atoms with Crippen LogP contribution in [0.15, 0.2) is 48.7 Å². The van der Waals surface area contributed by atoms with Crippen LogP contribution in [0.3, 0.4) is 0 Å². The van der Waals surface area contributed by atoms with Gasteiger partial charge in [-0.25, -0.2) is 0 Å². The van der Waals surface area contributed by atoms with Crippen molar-refractivity contribution in [2.45, 2.75) is 20.0 Å². The molecule has 0 amide bonds. The van der Waals surface area contributed by atoms with Gasteiger partial charge in [-0.05, 0) is 49.7 Å². The zero-order valence-corrected chi connectivity index (χ0v) is 14.3. The Bertz CT molecular complexity index is 838. The van der Waals surface area contributed by atoms with E-state index in [0.29, 0.717) is 0 Å². The number of nitrogens with zero attached hydrogens (tertiary/aromatic N) is 1. The molecule has 0 fully saturated rings. The third kappa shape index (κ3) is 3.71. The van der Waals surface area contributed by atoms with Crippen molar-refractivity contribution >= 4 is 10.9 Å². The molecule has 0 saturated carbocycles. The molecule has 0 aliphatic heterocycles. The Labute approximate surface area is 142 Å². The zero-order valence-electron chi connectivity index (χ0n) is 14.3. The van der Waals surface area contributed by atoms with E-state index in [0.717, 1.165) is 28.0 Å². The maximum absolute atomic E-state index is 10.1. The molecule has 0 radical (unpaired) electrons. The van der Waals surface area contributed by atoms with E-state index in [-0.39, 0.29) is 13.2 Å². The molecule has 0 aliphatic rings. The molecule has 1 aromatic heterocycles. The summed E-state index contributed by atoms with van der Waals surface area (Å²) in [4.78, 5) is 0. The normalized spacial score (nSPS) is 12.3. The minimum Gasteiger partial charge on any atom is -0.491 e. The first-order valence-corrected chi connectivity index (χ1v) is 8.09. The monoisotopic (exact) mass is 325 g/mol. The highest BCUT2D eigenvalue weighted by molar-refractivity contribution is 5.81. The van der Waals surface area contributed by atoms with Crippen LogP contribution < -0.4 is 9.47 Å². The third-order valence-electron chi connectivity index (χ3n) is 4.06. The molecule has 3 rings (SSSR count). The van der Waals surface area contributed by atoms with E-state index >= 15 is 0 Å². The van der Waals surface area contributed by atoms with Gasteiger partial charge in [0.15, 0.2) is 0 Å². The van der Waals surface area contributed by atoms with Crippen molar-refractivity contribution in [3.63, 3.8) is 0 Å². The van der Waals surface area contributed by atoms with Crippen LogP contribution in [0.5, 0.6) is 11.5 Å². The standard InChI is InChI=1S/C20H23NO3/c1-14-4-7-20(15(2)10-14)24-13-17(22)12-23-18-5-6-19-16(11-18)8-9-21(19)3/h4-11,17,22H,12-13H2,1-3H3. The Kier molecular flexibility index (Phi) is 4.76. The Balaban J connectivity index is 1.53. The fourth-order valence-corrected chi connectivity index (χ4v) is 2.74. The summed E-state index contributed by atoms with van der Waals surface area (Å²) in [5.74, 6) is 1.55. The van der Waals surface area contributed by atoms with Crippen molar-refractivity contribution in [2.24, 2.45) is 7.05 Å². The van der Waals surface area contributed by atoms with E-state index in [2.05, 4.69) is 10.6 Å². The Morgan fingerprint density at radius 3 is 2.58 bits per heavy atom. The van der Waals surface area contributed by atoms with Gasteiger partial charge >= 0.3 is 0 Å². The number of rotatable bonds is 6. The Morgan fingerprint density at radius 2 is 1.79 bits per heavy atom. The summed E-state index contributed by atoms with van der Waals surface area (Å²) in [5, 5.41) is 11.2. The number of benzene rings is 2. The predicted octanol–water partition coefficient (Wildman–Crippen LogP) is 3.61. The van der Waals surface area contributed by atoms with Crippen molar-refractivity contribution in [3.8, 4) is 11.5 Å². The van der Waals surface area contributed by atoms with E-state index in [1.165, 1.54) is 5.56 Å². The van der Waals surface area contributed by atoms with Gasteiger partial charge in [-0.1, -0.05) is 17.7 Å². The molecule has 2 aromatic carbocycles. The lowest BCUT2D eigenvalue weighted by Gasteiger charge is -2.15. The summed E-state index contributed by atoms with van der Waals surface area (Å²) < 4.78 is 13.4. The van der Waals surface area contributed by atoms with Gasteiger partial charge in [-0.3, -0.25) is 0 Å². The minimum atomic E-state index is -0.683. The zero-order chi connectivity index (χ0) is 17.1. The molecular formula is C20H23NO3. The molecule has 24 heavy (non-hydrogen) atoms. The minimum absolute atomic E-state index is 0.198. The topological polar surface area (TPSA) is 43.6 Å². The second-order valence-corrected chi connectivity index (χ2v) is 6.19.